The summed E-state index contributed by atoms with van der Waals surface area (Å²) in [6.45, 7) is 3.49. The molecule has 2 fully saturated rings. The van der Waals surface area contributed by atoms with E-state index in [1.807, 2.05) is 0 Å². The highest BCUT2D eigenvalue weighted by Crippen LogP contribution is 2.46. The van der Waals surface area contributed by atoms with E-state index >= 15 is 0 Å². The van der Waals surface area contributed by atoms with Crippen LogP contribution in [0.5, 0.6) is 5.75 Å². The van der Waals surface area contributed by atoms with Gasteiger partial charge in [0.1, 0.15) is 11.1 Å². The second-order valence-electron chi connectivity index (χ2n) is 8.38. The van der Waals surface area contributed by atoms with Gasteiger partial charge < -0.3 is 19.3 Å². The smallest absolute Gasteiger partial charge is 0.358 e. The first-order chi connectivity index (χ1) is 15.2. The maximum atomic E-state index is 13.9. The van der Waals surface area contributed by atoms with Crippen LogP contribution < -0.4 is 4.74 Å². The van der Waals surface area contributed by atoms with Gasteiger partial charge in [0.25, 0.3) is 0 Å². The fourth-order valence-corrected chi connectivity index (χ4v) is 5.21. The van der Waals surface area contributed by atoms with Crippen molar-refractivity contribution in [3.63, 3.8) is 0 Å². The first kappa shape index (κ1) is 23.0. The average Bonchev–Trinajstić information content (AvgIpc) is 3.35. The lowest BCUT2D eigenvalue weighted by Gasteiger charge is -2.33. The van der Waals surface area contributed by atoms with Crippen LogP contribution in [0.1, 0.15) is 54.7 Å². The minimum Gasteiger partial charge on any atom is -0.490 e. The zero-order valence-corrected chi connectivity index (χ0v) is 18.4. The van der Waals surface area contributed by atoms with E-state index in [4.69, 9.17) is 14.2 Å². The fraction of sp³-hybridized carbons (Fsp3) is 0.545. The molecular formula is C22H24F3NO5S. The molecule has 1 aliphatic carbocycles. The van der Waals surface area contributed by atoms with Gasteiger partial charge in [0.05, 0.1) is 24.9 Å². The molecule has 10 heteroatoms. The molecule has 1 N–H and O–H groups in total. The van der Waals surface area contributed by atoms with E-state index in [1.54, 1.807) is 19.2 Å². The molecule has 0 radical (unpaired) electrons. The number of halogens is 3. The molecule has 32 heavy (non-hydrogen) atoms. The monoisotopic (exact) mass is 471 g/mol. The highest BCUT2D eigenvalue weighted by molar-refractivity contribution is 7.09. The zero-order valence-electron chi connectivity index (χ0n) is 17.6. The van der Waals surface area contributed by atoms with Crippen molar-refractivity contribution in [1.29, 1.82) is 0 Å². The summed E-state index contributed by atoms with van der Waals surface area (Å²) in [6.07, 6.45) is 0.216. The van der Waals surface area contributed by atoms with Crippen LogP contribution in [0.25, 0.3) is 0 Å². The van der Waals surface area contributed by atoms with Gasteiger partial charge in [-0.3, -0.25) is 0 Å². The molecule has 174 valence electrons. The third-order valence-corrected chi connectivity index (χ3v) is 6.81. The Morgan fingerprint density at radius 1 is 1.28 bits per heavy atom. The standard InChI is InChI=1S/C22H24F3NO5S/c1-10(2)30-22(28)14-9-32-21(26-14)17-5-3-11-12(15(27)7-18(11)31-17)8-29-16-6-4-13(23)19(24)20(16)25/h4,6,9-12,15,17-18,27H,3,5,7-8H2,1-2H3/t11-,12-,15-,17-,18+/m1/s1. The van der Waals surface area contributed by atoms with E-state index in [-0.39, 0.29) is 42.4 Å². The number of benzene rings is 1. The van der Waals surface area contributed by atoms with Crippen LogP contribution in [0.15, 0.2) is 17.5 Å². The number of nitrogens with zero attached hydrogens (tertiary/aromatic N) is 1. The van der Waals surface area contributed by atoms with Crippen molar-refractivity contribution in [2.45, 2.75) is 57.5 Å². The SMILES string of the molecule is CC(C)OC(=O)c1csc([C@H]2CC[C@@H]3[C@@H](COc4ccc(F)c(F)c4F)[C@H](O)C[C@@H]3O2)n1. The molecule has 1 saturated heterocycles. The minimum absolute atomic E-state index is 0.0278. The first-order valence-electron chi connectivity index (χ1n) is 10.5. The molecule has 1 aromatic heterocycles. The summed E-state index contributed by atoms with van der Waals surface area (Å²) in [5.41, 5.74) is 0.246. The highest BCUT2D eigenvalue weighted by Gasteiger charge is 2.47. The topological polar surface area (TPSA) is 77.9 Å². The lowest BCUT2D eigenvalue weighted by atomic mass is 9.87. The number of fused-ring (bicyclic) bond motifs is 1. The van der Waals surface area contributed by atoms with Crippen molar-refractivity contribution in [2.75, 3.05) is 6.61 Å². The number of esters is 1. The van der Waals surface area contributed by atoms with Crippen molar-refractivity contribution >= 4 is 17.3 Å². The van der Waals surface area contributed by atoms with Gasteiger partial charge in [-0.25, -0.2) is 18.6 Å². The van der Waals surface area contributed by atoms with Crippen LogP contribution >= 0.6 is 11.3 Å². The molecule has 0 bridgehead atoms. The van der Waals surface area contributed by atoms with E-state index in [1.165, 1.54) is 11.3 Å². The Morgan fingerprint density at radius 2 is 2.06 bits per heavy atom. The second-order valence-corrected chi connectivity index (χ2v) is 9.27. The number of aromatic nitrogens is 1. The van der Waals surface area contributed by atoms with Crippen LogP contribution in [0.4, 0.5) is 13.2 Å². The Balaban J connectivity index is 1.38. The van der Waals surface area contributed by atoms with Gasteiger partial charge in [0.2, 0.25) is 5.82 Å². The van der Waals surface area contributed by atoms with E-state index in [0.717, 1.165) is 12.1 Å². The lowest BCUT2D eigenvalue weighted by Crippen LogP contribution is -2.33. The van der Waals surface area contributed by atoms with E-state index < -0.39 is 35.3 Å². The third-order valence-electron chi connectivity index (χ3n) is 5.88. The minimum atomic E-state index is -1.59. The van der Waals surface area contributed by atoms with Crippen LogP contribution in [0.2, 0.25) is 0 Å². The van der Waals surface area contributed by atoms with Crippen LogP contribution in [-0.4, -0.2) is 41.0 Å². The predicted octanol–water partition coefficient (Wildman–Crippen LogP) is 4.42. The summed E-state index contributed by atoms with van der Waals surface area (Å²) in [6, 6.07) is 1.83. The first-order valence-corrected chi connectivity index (χ1v) is 11.4. The van der Waals surface area contributed by atoms with Crippen molar-refractivity contribution in [3.05, 3.63) is 45.7 Å². The van der Waals surface area contributed by atoms with Gasteiger partial charge in [-0.2, -0.15) is 4.39 Å². The highest BCUT2D eigenvalue weighted by atomic mass is 32.1. The van der Waals surface area contributed by atoms with Crippen molar-refractivity contribution in [2.24, 2.45) is 11.8 Å². The largest absolute Gasteiger partial charge is 0.490 e. The molecular weight excluding hydrogens is 447 g/mol. The van der Waals surface area contributed by atoms with Crippen molar-refractivity contribution in [1.82, 2.24) is 4.98 Å². The molecule has 0 amide bonds. The van der Waals surface area contributed by atoms with E-state index in [9.17, 15) is 23.1 Å². The molecule has 1 saturated carbocycles. The number of aliphatic hydroxyl groups is 1. The molecule has 5 atom stereocenters. The summed E-state index contributed by atoms with van der Waals surface area (Å²) in [7, 11) is 0. The number of thiazole rings is 1. The average molecular weight is 471 g/mol. The van der Waals surface area contributed by atoms with Crippen LogP contribution in [0, 0.1) is 29.3 Å². The molecule has 1 aromatic carbocycles. The summed E-state index contributed by atoms with van der Waals surface area (Å²) in [5.74, 6) is -5.49. The third kappa shape index (κ3) is 4.62. The number of ether oxygens (including phenoxy) is 3. The Hall–Kier alpha value is -2.17. The quantitative estimate of drug-likeness (QED) is 0.496. The molecule has 1 aliphatic heterocycles. The molecule has 4 rings (SSSR count). The number of hydrogen-bond donors (Lipinski definition) is 1. The van der Waals surface area contributed by atoms with Gasteiger partial charge in [0.15, 0.2) is 23.1 Å². The molecule has 6 nitrogen and oxygen atoms in total. The summed E-state index contributed by atoms with van der Waals surface area (Å²) in [4.78, 5) is 16.4. The summed E-state index contributed by atoms with van der Waals surface area (Å²) >= 11 is 1.33. The Kier molecular flexibility index (Phi) is 6.73. The lowest BCUT2D eigenvalue weighted by molar-refractivity contribution is -0.0812. The van der Waals surface area contributed by atoms with E-state index in [0.29, 0.717) is 24.3 Å². The normalized spacial score (nSPS) is 27.4. The maximum absolute atomic E-state index is 13.9. The summed E-state index contributed by atoms with van der Waals surface area (Å²) < 4.78 is 57.1. The number of aliphatic hydroxyl groups excluding tert-OH is 1. The number of carbonyl (C=O) groups is 1. The number of carbonyl (C=O) groups excluding carboxylic acids is 1. The predicted molar refractivity (Wildman–Crippen MR) is 109 cm³/mol. The molecule has 2 heterocycles. The second kappa shape index (κ2) is 9.36. The summed E-state index contributed by atoms with van der Waals surface area (Å²) in [5, 5.41) is 12.8. The maximum Gasteiger partial charge on any atom is 0.358 e. The van der Waals surface area contributed by atoms with Gasteiger partial charge in [-0.1, -0.05) is 0 Å². The van der Waals surface area contributed by atoms with Gasteiger partial charge in [0, 0.05) is 17.7 Å². The van der Waals surface area contributed by atoms with Crippen LogP contribution in [-0.2, 0) is 9.47 Å². The molecule has 2 aromatic rings. The Bertz CT molecular complexity index is 984. The van der Waals surface area contributed by atoms with Gasteiger partial charge >= 0.3 is 5.97 Å². The van der Waals surface area contributed by atoms with Gasteiger partial charge in [-0.05, 0) is 44.7 Å². The van der Waals surface area contributed by atoms with Crippen molar-refractivity contribution in [3.8, 4) is 5.75 Å². The zero-order chi connectivity index (χ0) is 23.0. The Morgan fingerprint density at radius 3 is 2.81 bits per heavy atom. The number of rotatable bonds is 6. The van der Waals surface area contributed by atoms with E-state index in [2.05, 4.69) is 4.98 Å². The van der Waals surface area contributed by atoms with Gasteiger partial charge in [-0.15, -0.1) is 11.3 Å². The van der Waals surface area contributed by atoms with Crippen molar-refractivity contribution < 1.29 is 37.3 Å². The fourth-order valence-electron chi connectivity index (χ4n) is 4.35. The Labute approximate surface area is 187 Å². The molecule has 2 aliphatic rings. The number of hydrogen-bond acceptors (Lipinski definition) is 7. The molecule has 0 spiro atoms. The van der Waals surface area contributed by atoms with Crippen LogP contribution in [0.3, 0.4) is 0 Å². The molecule has 0 unspecified atom stereocenters.